The number of rotatable bonds is 10. The molecular weight excluding hydrogens is 634 g/mol. The molecule has 1 aromatic rings. The van der Waals surface area contributed by atoms with E-state index in [1.807, 2.05) is 0 Å². The second-order valence-electron chi connectivity index (χ2n) is 9.84. The van der Waals surface area contributed by atoms with Crippen LogP contribution in [0, 0.1) is 5.41 Å². The quantitative estimate of drug-likeness (QED) is 0.121. The average molecular weight is 660 g/mol. The fourth-order valence-corrected chi connectivity index (χ4v) is 6.99. The van der Waals surface area contributed by atoms with Crippen LogP contribution in [-0.4, -0.2) is 88.7 Å². The summed E-state index contributed by atoms with van der Waals surface area (Å²) in [6, 6.07) is -1.01. The second-order valence-corrected chi connectivity index (χ2v) is 13.3. The number of nitrogen functional groups attached to an aromatic ring is 1. The van der Waals surface area contributed by atoms with E-state index < -0.39 is 53.3 Å². The monoisotopic (exact) mass is 659 g/mol. The van der Waals surface area contributed by atoms with Crippen LogP contribution in [0.2, 0.25) is 0 Å². The Labute approximate surface area is 257 Å². The molecule has 0 aliphatic carbocycles. The maximum absolute atomic E-state index is 13.3. The van der Waals surface area contributed by atoms with Gasteiger partial charge in [0, 0.05) is 21.8 Å². The molecule has 0 aromatic carbocycles. The number of thiazole rings is 1. The molecule has 226 valence electrons. The molecule has 1 fully saturated rings. The van der Waals surface area contributed by atoms with E-state index in [4.69, 9.17) is 36.4 Å². The first-order valence-corrected chi connectivity index (χ1v) is 15.5. The number of amides is 2. The van der Waals surface area contributed by atoms with Gasteiger partial charge in [0.25, 0.3) is 11.8 Å². The zero-order valence-corrected chi connectivity index (χ0v) is 26.0. The molecule has 42 heavy (non-hydrogen) atoms. The van der Waals surface area contributed by atoms with Gasteiger partial charge in [0.2, 0.25) is 6.79 Å². The maximum Gasteiger partial charge on any atom is 0.357 e. The molecule has 0 radical (unpaired) electrons. The van der Waals surface area contributed by atoms with E-state index in [1.54, 1.807) is 20.8 Å². The van der Waals surface area contributed by atoms with Crippen molar-refractivity contribution >= 4 is 87.0 Å². The molecule has 4 rings (SSSR count). The number of aromatic nitrogens is 1. The predicted octanol–water partition coefficient (Wildman–Crippen LogP) is 1.56. The van der Waals surface area contributed by atoms with Crippen LogP contribution in [0.1, 0.15) is 26.5 Å². The first kappa shape index (κ1) is 31.7. The molecule has 2 atom stereocenters. The number of halogens is 1. The minimum atomic E-state index is -1.01. The fourth-order valence-electron chi connectivity index (χ4n) is 3.76. The van der Waals surface area contributed by atoms with Crippen LogP contribution in [0.4, 0.5) is 5.13 Å². The van der Waals surface area contributed by atoms with Gasteiger partial charge in [-0.05, 0) is 26.3 Å². The molecule has 0 bridgehead atoms. The summed E-state index contributed by atoms with van der Waals surface area (Å²) >= 11 is 9.62. The number of carbonyl (C=O) groups is 5. The number of hydrogen-bond donors (Lipinski definition) is 2. The van der Waals surface area contributed by atoms with Crippen molar-refractivity contribution in [2.24, 2.45) is 10.6 Å². The standard InChI is InChI=1S/C24H26ClN5O9S3/c1-24(2,3)22(35)39-9-38-21(34)16-10(6-40-12-5-37-20(33)13(12)25)7-41-19-15(18(32)30(16)19)28-17(31)14(29-36-4)11-8-42-23(26)27-11/h8,15,19H,5-7,9H2,1-4H3,(H2,26,27)(H,28,31)/b29-14-/t15-,19+/m0/s1. The number of thioether (sulfide) groups is 2. The summed E-state index contributed by atoms with van der Waals surface area (Å²) in [6.07, 6.45) is 0. The Morgan fingerprint density at radius 1 is 1.31 bits per heavy atom. The van der Waals surface area contributed by atoms with E-state index in [-0.39, 0.29) is 45.4 Å². The normalized spacial score (nSPS) is 20.6. The smallest absolute Gasteiger partial charge is 0.357 e. The number of nitrogens with two attached hydrogens (primary N) is 1. The van der Waals surface area contributed by atoms with Crippen LogP contribution in [0.15, 0.2) is 31.7 Å². The van der Waals surface area contributed by atoms with E-state index in [9.17, 15) is 24.0 Å². The molecule has 14 nitrogen and oxygen atoms in total. The average Bonchev–Trinajstić information content (AvgIpc) is 3.51. The topological polar surface area (TPSA) is 189 Å². The highest BCUT2D eigenvalue weighted by molar-refractivity contribution is 8.03. The van der Waals surface area contributed by atoms with Gasteiger partial charge in [-0.25, -0.2) is 14.6 Å². The maximum atomic E-state index is 13.3. The second kappa shape index (κ2) is 12.9. The Kier molecular flexibility index (Phi) is 9.74. The van der Waals surface area contributed by atoms with E-state index in [2.05, 4.69) is 15.5 Å². The van der Waals surface area contributed by atoms with Crippen molar-refractivity contribution in [3.8, 4) is 0 Å². The van der Waals surface area contributed by atoms with Crippen molar-refractivity contribution < 1.29 is 43.0 Å². The van der Waals surface area contributed by atoms with Gasteiger partial charge in [0.1, 0.15) is 41.6 Å². The number of nitrogens with zero attached hydrogens (tertiary/aromatic N) is 3. The van der Waals surface area contributed by atoms with Crippen molar-refractivity contribution in [3.63, 3.8) is 0 Å². The van der Waals surface area contributed by atoms with Crippen molar-refractivity contribution in [3.05, 3.63) is 32.3 Å². The Balaban J connectivity index is 1.52. The number of cyclic esters (lactones) is 1. The predicted molar refractivity (Wildman–Crippen MR) is 155 cm³/mol. The number of nitrogens with one attached hydrogen (secondary N) is 1. The Morgan fingerprint density at radius 2 is 2.05 bits per heavy atom. The van der Waals surface area contributed by atoms with Crippen LogP contribution in [0.3, 0.4) is 0 Å². The van der Waals surface area contributed by atoms with Gasteiger partial charge in [-0.2, -0.15) is 0 Å². The number of ether oxygens (including phenoxy) is 3. The number of fused-ring (bicyclic) bond motifs is 1. The van der Waals surface area contributed by atoms with Gasteiger partial charge < -0.3 is 30.1 Å². The zero-order valence-electron chi connectivity index (χ0n) is 22.8. The zero-order chi connectivity index (χ0) is 30.8. The van der Waals surface area contributed by atoms with Gasteiger partial charge in [-0.15, -0.1) is 34.9 Å². The molecule has 18 heteroatoms. The van der Waals surface area contributed by atoms with Crippen LogP contribution < -0.4 is 11.1 Å². The van der Waals surface area contributed by atoms with E-state index >= 15 is 0 Å². The molecule has 1 saturated heterocycles. The van der Waals surface area contributed by atoms with Crippen molar-refractivity contribution in [1.82, 2.24) is 15.2 Å². The summed E-state index contributed by atoms with van der Waals surface area (Å²) in [6.45, 7) is 4.28. The summed E-state index contributed by atoms with van der Waals surface area (Å²) < 4.78 is 15.2. The molecule has 3 aliphatic heterocycles. The van der Waals surface area contributed by atoms with Crippen LogP contribution in [0.5, 0.6) is 0 Å². The van der Waals surface area contributed by atoms with Gasteiger partial charge in [-0.3, -0.25) is 19.3 Å². The van der Waals surface area contributed by atoms with E-state index in [0.717, 1.165) is 11.3 Å². The summed E-state index contributed by atoms with van der Waals surface area (Å²) in [4.78, 5) is 73.9. The summed E-state index contributed by atoms with van der Waals surface area (Å²) in [5, 5.41) is 7.40. The fraction of sp³-hybridized carbons (Fsp3) is 0.458. The van der Waals surface area contributed by atoms with Gasteiger partial charge >= 0.3 is 17.9 Å². The van der Waals surface area contributed by atoms with Crippen LogP contribution in [0.25, 0.3) is 0 Å². The first-order chi connectivity index (χ1) is 19.8. The van der Waals surface area contributed by atoms with Gasteiger partial charge in [0.15, 0.2) is 10.8 Å². The third kappa shape index (κ3) is 6.68. The highest BCUT2D eigenvalue weighted by Crippen LogP contribution is 2.42. The largest absolute Gasteiger partial charge is 0.456 e. The molecule has 3 N–H and O–H groups in total. The SMILES string of the molecule is CO/N=C(\C(=O)N[C@H]1C(=O)N2C(C(=O)OCOC(=O)C(C)(C)C)=C(CSC3=C(Cl)C(=O)OC3)CS[C@H]12)c1csc(N)n1. The highest BCUT2D eigenvalue weighted by Gasteiger charge is 2.54. The summed E-state index contributed by atoms with van der Waals surface area (Å²) in [7, 11) is 1.26. The van der Waals surface area contributed by atoms with Crippen molar-refractivity contribution in [2.75, 3.05) is 37.7 Å². The van der Waals surface area contributed by atoms with Crippen LogP contribution in [-0.2, 0) is 43.0 Å². The number of anilines is 1. The number of hydrogen-bond acceptors (Lipinski definition) is 15. The Hall–Kier alpha value is -3.28. The Morgan fingerprint density at radius 3 is 2.64 bits per heavy atom. The minimum Gasteiger partial charge on any atom is -0.456 e. The minimum absolute atomic E-state index is 0.000658. The molecule has 4 heterocycles. The van der Waals surface area contributed by atoms with Gasteiger partial charge in [0.05, 0.1) is 5.41 Å². The molecule has 0 saturated carbocycles. The van der Waals surface area contributed by atoms with E-state index in [0.29, 0.717) is 10.5 Å². The number of esters is 3. The lowest BCUT2D eigenvalue weighted by atomic mass is 9.98. The van der Waals surface area contributed by atoms with E-state index in [1.165, 1.54) is 40.9 Å². The first-order valence-electron chi connectivity index (χ1n) is 12.2. The molecule has 0 unspecified atom stereocenters. The van der Waals surface area contributed by atoms with Gasteiger partial charge in [-0.1, -0.05) is 16.8 Å². The highest BCUT2D eigenvalue weighted by atomic mass is 35.5. The lowest BCUT2D eigenvalue weighted by Crippen LogP contribution is -2.71. The molecule has 1 aromatic heterocycles. The molecule has 2 amide bonds. The summed E-state index contributed by atoms with van der Waals surface area (Å²) in [5.41, 5.74) is 5.32. The molecule has 3 aliphatic rings. The summed E-state index contributed by atoms with van der Waals surface area (Å²) in [5.74, 6) is -2.95. The number of carbonyl (C=O) groups excluding carboxylic acids is 5. The third-order valence-corrected chi connectivity index (χ3v) is 9.53. The third-order valence-electron chi connectivity index (χ3n) is 5.86. The lowest BCUT2D eigenvalue weighted by Gasteiger charge is -2.49. The van der Waals surface area contributed by atoms with Crippen molar-refractivity contribution in [2.45, 2.75) is 32.2 Å². The molecular formula is C24H26ClN5O9S3. The van der Waals surface area contributed by atoms with Crippen LogP contribution >= 0.6 is 46.5 Å². The lowest BCUT2D eigenvalue weighted by molar-refractivity contribution is -0.173. The Bertz CT molecular complexity index is 1420. The van der Waals surface area contributed by atoms with Crippen molar-refractivity contribution in [1.29, 1.82) is 0 Å². The number of oxime groups is 1. The number of β-lactam (4-membered cyclic amide) rings is 1. The molecule has 0 spiro atoms.